The molecule has 4 rings (SSSR count). The SMILES string of the molecule is C=Cc1ccc(-c2nnc3ccc(Sc4ccc(F)cc4F)cn23)c(C)c1. The van der Waals surface area contributed by atoms with E-state index < -0.39 is 11.6 Å². The van der Waals surface area contributed by atoms with Gasteiger partial charge < -0.3 is 0 Å². The van der Waals surface area contributed by atoms with Crippen molar-refractivity contribution in [3.8, 4) is 11.4 Å². The maximum atomic E-state index is 14.0. The average Bonchev–Trinajstić information content (AvgIpc) is 3.07. The minimum absolute atomic E-state index is 0.358. The minimum atomic E-state index is -0.591. The number of halogens is 2. The lowest BCUT2D eigenvalue weighted by molar-refractivity contribution is 0.565. The molecule has 0 bridgehead atoms. The normalized spacial score (nSPS) is 11.1. The molecule has 0 unspecified atom stereocenters. The van der Waals surface area contributed by atoms with Crippen LogP contribution < -0.4 is 0 Å². The summed E-state index contributed by atoms with van der Waals surface area (Å²) >= 11 is 1.22. The molecule has 0 radical (unpaired) electrons. The highest BCUT2D eigenvalue weighted by Crippen LogP contribution is 2.31. The van der Waals surface area contributed by atoms with E-state index >= 15 is 0 Å². The fraction of sp³-hybridized carbons (Fsp3) is 0.0476. The molecule has 27 heavy (non-hydrogen) atoms. The molecule has 3 nitrogen and oxygen atoms in total. The first-order valence-electron chi connectivity index (χ1n) is 8.26. The topological polar surface area (TPSA) is 30.2 Å². The van der Waals surface area contributed by atoms with Crippen LogP contribution in [0.15, 0.2) is 71.1 Å². The van der Waals surface area contributed by atoms with Crippen LogP contribution in [0, 0.1) is 18.6 Å². The molecule has 0 saturated carbocycles. The van der Waals surface area contributed by atoms with Gasteiger partial charge in [-0.3, -0.25) is 4.40 Å². The molecule has 0 spiro atoms. The van der Waals surface area contributed by atoms with Crippen LogP contribution in [0.2, 0.25) is 0 Å². The maximum Gasteiger partial charge on any atom is 0.168 e. The molecule has 2 aromatic heterocycles. The van der Waals surface area contributed by atoms with Gasteiger partial charge in [-0.25, -0.2) is 8.78 Å². The van der Waals surface area contributed by atoms with E-state index in [0.29, 0.717) is 16.4 Å². The quantitative estimate of drug-likeness (QED) is 0.450. The van der Waals surface area contributed by atoms with Gasteiger partial charge in [-0.15, -0.1) is 10.2 Å². The Labute approximate surface area is 159 Å². The van der Waals surface area contributed by atoms with Crippen molar-refractivity contribution >= 4 is 23.5 Å². The van der Waals surface area contributed by atoms with Crippen molar-refractivity contribution in [1.82, 2.24) is 14.6 Å². The summed E-state index contributed by atoms with van der Waals surface area (Å²) in [5, 5.41) is 8.53. The second kappa shape index (κ2) is 6.96. The van der Waals surface area contributed by atoms with Crippen LogP contribution in [0.4, 0.5) is 8.78 Å². The van der Waals surface area contributed by atoms with Crippen molar-refractivity contribution in [2.75, 3.05) is 0 Å². The third-order valence-electron chi connectivity index (χ3n) is 4.22. The highest BCUT2D eigenvalue weighted by Gasteiger charge is 2.12. The van der Waals surface area contributed by atoms with Gasteiger partial charge in [-0.1, -0.05) is 42.6 Å². The van der Waals surface area contributed by atoms with Gasteiger partial charge in [0.2, 0.25) is 0 Å². The Hall–Kier alpha value is -2.99. The molecule has 2 heterocycles. The van der Waals surface area contributed by atoms with Crippen LogP contribution in [0.5, 0.6) is 0 Å². The number of aromatic nitrogens is 3. The Bertz CT molecular complexity index is 1170. The van der Waals surface area contributed by atoms with Gasteiger partial charge in [0.15, 0.2) is 11.5 Å². The highest BCUT2D eigenvalue weighted by molar-refractivity contribution is 7.99. The standard InChI is InChI=1S/C21H15F2N3S/c1-3-14-4-7-17(13(2)10-14)21-25-24-20-9-6-16(12-26(20)21)27-19-8-5-15(22)11-18(19)23/h3-12H,1H2,2H3. The fourth-order valence-corrected chi connectivity index (χ4v) is 3.71. The van der Waals surface area contributed by atoms with E-state index in [-0.39, 0.29) is 0 Å². The molecule has 0 aliphatic heterocycles. The molecule has 134 valence electrons. The van der Waals surface area contributed by atoms with Gasteiger partial charge in [-0.2, -0.15) is 0 Å². The summed E-state index contributed by atoms with van der Waals surface area (Å²) in [5.74, 6) is -0.466. The predicted octanol–water partition coefficient (Wildman–Crippen LogP) is 5.78. The lowest BCUT2D eigenvalue weighted by atomic mass is 10.0. The summed E-state index contributed by atoms with van der Waals surface area (Å²) in [6.07, 6.45) is 3.66. The summed E-state index contributed by atoms with van der Waals surface area (Å²) in [6, 6.07) is 13.2. The van der Waals surface area contributed by atoms with E-state index in [0.717, 1.165) is 27.7 Å². The molecular weight excluding hydrogens is 364 g/mol. The number of pyridine rings is 1. The molecule has 0 N–H and O–H groups in total. The number of hydrogen-bond acceptors (Lipinski definition) is 3. The molecule has 2 aromatic carbocycles. The van der Waals surface area contributed by atoms with Gasteiger partial charge in [0.05, 0.1) is 0 Å². The monoisotopic (exact) mass is 379 g/mol. The molecular formula is C21H15F2N3S. The fourth-order valence-electron chi connectivity index (χ4n) is 2.86. The molecule has 0 fully saturated rings. The van der Waals surface area contributed by atoms with Crippen LogP contribution in [0.1, 0.15) is 11.1 Å². The number of aryl methyl sites for hydroxylation is 1. The van der Waals surface area contributed by atoms with E-state index in [2.05, 4.69) is 16.8 Å². The van der Waals surface area contributed by atoms with Crippen LogP contribution >= 0.6 is 11.8 Å². The summed E-state index contributed by atoms with van der Waals surface area (Å²) in [5.41, 5.74) is 3.75. The number of hydrogen-bond donors (Lipinski definition) is 0. The van der Waals surface area contributed by atoms with Gasteiger partial charge in [0.25, 0.3) is 0 Å². The summed E-state index contributed by atoms with van der Waals surface area (Å²) in [4.78, 5) is 1.16. The van der Waals surface area contributed by atoms with Crippen LogP contribution in [0.25, 0.3) is 23.1 Å². The van der Waals surface area contributed by atoms with Gasteiger partial charge in [-0.05, 0) is 42.3 Å². The number of nitrogens with zero attached hydrogens (tertiary/aromatic N) is 3. The molecule has 0 atom stereocenters. The van der Waals surface area contributed by atoms with Crippen molar-refractivity contribution < 1.29 is 8.78 Å². The molecule has 6 heteroatoms. The smallest absolute Gasteiger partial charge is 0.168 e. The third-order valence-corrected chi connectivity index (χ3v) is 5.25. The first-order chi connectivity index (χ1) is 13.0. The number of benzene rings is 2. The first kappa shape index (κ1) is 17.4. The van der Waals surface area contributed by atoms with Crippen molar-refractivity contribution in [3.63, 3.8) is 0 Å². The number of rotatable bonds is 4. The van der Waals surface area contributed by atoms with Crippen LogP contribution in [-0.2, 0) is 0 Å². The molecule has 0 amide bonds. The zero-order chi connectivity index (χ0) is 19.0. The largest absolute Gasteiger partial charge is 0.281 e. The minimum Gasteiger partial charge on any atom is -0.281 e. The van der Waals surface area contributed by atoms with E-state index in [9.17, 15) is 8.78 Å². The average molecular weight is 379 g/mol. The predicted molar refractivity (Wildman–Crippen MR) is 104 cm³/mol. The number of fused-ring (bicyclic) bond motifs is 1. The first-order valence-corrected chi connectivity index (χ1v) is 9.08. The summed E-state index contributed by atoms with van der Waals surface area (Å²) in [6.45, 7) is 5.80. The summed E-state index contributed by atoms with van der Waals surface area (Å²) in [7, 11) is 0. The van der Waals surface area contributed by atoms with Gasteiger partial charge in [0, 0.05) is 27.6 Å². The second-order valence-corrected chi connectivity index (χ2v) is 7.19. The van der Waals surface area contributed by atoms with Gasteiger partial charge >= 0.3 is 0 Å². The zero-order valence-corrected chi connectivity index (χ0v) is 15.3. The molecule has 0 aliphatic rings. The lowest BCUT2D eigenvalue weighted by Gasteiger charge is -2.07. The molecule has 0 aliphatic carbocycles. The van der Waals surface area contributed by atoms with E-state index in [1.807, 2.05) is 47.9 Å². The van der Waals surface area contributed by atoms with E-state index in [1.165, 1.54) is 23.9 Å². The molecule has 4 aromatic rings. The summed E-state index contributed by atoms with van der Waals surface area (Å²) < 4.78 is 28.9. The van der Waals surface area contributed by atoms with Crippen molar-refractivity contribution in [3.05, 3.63) is 84.1 Å². The second-order valence-electron chi connectivity index (χ2n) is 6.07. The van der Waals surface area contributed by atoms with Crippen molar-refractivity contribution in [2.24, 2.45) is 0 Å². The van der Waals surface area contributed by atoms with Crippen LogP contribution in [-0.4, -0.2) is 14.6 Å². The van der Waals surface area contributed by atoms with Gasteiger partial charge in [0.1, 0.15) is 11.6 Å². The maximum absolute atomic E-state index is 14.0. The Kier molecular flexibility index (Phi) is 4.49. The third kappa shape index (κ3) is 3.36. The Morgan fingerprint density at radius 1 is 1.04 bits per heavy atom. The zero-order valence-electron chi connectivity index (χ0n) is 14.5. The van der Waals surface area contributed by atoms with E-state index in [1.54, 1.807) is 6.08 Å². The van der Waals surface area contributed by atoms with E-state index in [4.69, 9.17) is 0 Å². The highest BCUT2D eigenvalue weighted by atomic mass is 32.2. The molecule has 0 saturated heterocycles. The Morgan fingerprint density at radius 2 is 1.89 bits per heavy atom. The van der Waals surface area contributed by atoms with Crippen molar-refractivity contribution in [2.45, 2.75) is 16.7 Å². The van der Waals surface area contributed by atoms with Crippen molar-refractivity contribution in [1.29, 1.82) is 0 Å². The Balaban J connectivity index is 1.76. The Morgan fingerprint density at radius 3 is 2.63 bits per heavy atom. The lowest BCUT2D eigenvalue weighted by Crippen LogP contribution is -1.93. The van der Waals surface area contributed by atoms with Crippen LogP contribution in [0.3, 0.4) is 0 Å².